The van der Waals surface area contributed by atoms with Crippen LogP contribution in [0.2, 0.25) is 0 Å². The van der Waals surface area contributed by atoms with E-state index in [1.807, 2.05) is 35.7 Å². The van der Waals surface area contributed by atoms with Crippen LogP contribution in [0.5, 0.6) is 17.2 Å². The minimum atomic E-state index is -0.789. The van der Waals surface area contributed by atoms with Crippen LogP contribution >= 0.6 is 11.3 Å². The molecular formula is C23H25N3O5S. The molecule has 0 aliphatic carbocycles. The summed E-state index contributed by atoms with van der Waals surface area (Å²) >= 11 is 1.45. The molecule has 168 valence electrons. The van der Waals surface area contributed by atoms with Crippen molar-refractivity contribution in [3.8, 4) is 17.2 Å². The summed E-state index contributed by atoms with van der Waals surface area (Å²) in [4.78, 5) is 30.2. The van der Waals surface area contributed by atoms with Gasteiger partial charge in [0.1, 0.15) is 6.04 Å². The van der Waals surface area contributed by atoms with Gasteiger partial charge in [-0.1, -0.05) is 30.3 Å². The number of carbonyl (C=O) groups is 2. The minimum absolute atomic E-state index is 0.282. The van der Waals surface area contributed by atoms with Crippen molar-refractivity contribution in [1.29, 1.82) is 0 Å². The number of carbonyl (C=O) groups excluding carboxylic acids is 2. The van der Waals surface area contributed by atoms with Gasteiger partial charge in [0.25, 0.3) is 5.91 Å². The van der Waals surface area contributed by atoms with Gasteiger partial charge in [-0.2, -0.15) is 0 Å². The predicted molar refractivity (Wildman–Crippen MR) is 121 cm³/mol. The molecule has 1 aromatic heterocycles. The second-order valence-electron chi connectivity index (χ2n) is 6.83. The Hall–Kier alpha value is -3.59. The van der Waals surface area contributed by atoms with E-state index in [0.29, 0.717) is 23.7 Å². The molecule has 2 N–H and O–H groups in total. The van der Waals surface area contributed by atoms with Crippen molar-refractivity contribution in [1.82, 2.24) is 15.6 Å². The van der Waals surface area contributed by atoms with Crippen LogP contribution in [-0.4, -0.2) is 44.2 Å². The normalized spacial score (nSPS) is 11.3. The average Bonchev–Trinajstić information content (AvgIpc) is 3.35. The van der Waals surface area contributed by atoms with Crippen molar-refractivity contribution in [3.63, 3.8) is 0 Å². The van der Waals surface area contributed by atoms with Gasteiger partial charge in [-0.15, -0.1) is 11.3 Å². The van der Waals surface area contributed by atoms with Crippen LogP contribution in [0.25, 0.3) is 0 Å². The second-order valence-corrected chi connectivity index (χ2v) is 7.55. The van der Waals surface area contributed by atoms with E-state index in [1.165, 1.54) is 32.7 Å². The van der Waals surface area contributed by atoms with Gasteiger partial charge < -0.3 is 24.8 Å². The number of thiazole rings is 1. The van der Waals surface area contributed by atoms with Crippen molar-refractivity contribution in [2.45, 2.75) is 19.0 Å². The lowest BCUT2D eigenvalue weighted by Gasteiger charge is -2.19. The molecule has 1 atom stereocenters. The smallest absolute Gasteiger partial charge is 0.252 e. The third-order valence-electron chi connectivity index (χ3n) is 4.76. The first-order valence-electron chi connectivity index (χ1n) is 9.85. The fourth-order valence-electron chi connectivity index (χ4n) is 3.14. The zero-order valence-corrected chi connectivity index (χ0v) is 18.9. The average molecular weight is 456 g/mol. The summed E-state index contributed by atoms with van der Waals surface area (Å²) in [7, 11) is 4.44. The van der Waals surface area contributed by atoms with Crippen LogP contribution in [0, 0.1) is 0 Å². The lowest BCUT2D eigenvalue weighted by molar-refractivity contribution is -0.123. The number of benzene rings is 2. The molecule has 1 heterocycles. The third-order valence-corrected chi connectivity index (χ3v) is 5.39. The van der Waals surface area contributed by atoms with Crippen LogP contribution in [-0.2, 0) is 17.8 Å². The zero-order valence-electron chi connectivity index (χ0n) is 18.1. The fraction of sp³-hybridized carbons (Fsp3) is 0.261. The number of amides is 2. The molecule has 0 saturated carbocycles. The summed E-state index contributed by atoms with van der Waals surface area (Å²) in [5.74, 6) is 0.346. The molecule has 0 fully saturated rings. The number of nitrogens with zero attached hydrogens (tertiary/aromatic N) is 1. The fourth-order valence-corrected chi connectivity index (χ4v) is 3.70. The van der Waals surface area contributed by atoms with E-state index in [2.05, 4.69) is 15.6 Å². The molecule has 0 saturated heterocycles. The largest absolute Gasteiger partial charge is 0.493 e. The van der Waals surface area contributed by atoms with Crippen molar-refractivity contribution < 1.29 is 23.8 Å². The summed E-state index contributed by atoms with van der Waals surface area (Å²) in [5.41, 5.74) is 3.67. The highest BCUT2D eigenvalue weighted by molar-refractivity contribution is 7.07. The summed E-state index contributed by atoms with van der Waals surface area (Å²) in [6.07, 6.45) is 0.333. The highest BCUT2D eigenvalue weighted by atomic mass is 32.1. The van der Waals surface area contributed by atoms with Crippen molar-refractivity contribution in [2.75, 3.05) is 21.3 Å². The molecule has 0 aliphatic rings. The van der Waals surface area contributed by atoms with Gasteiger partial charge in [0.15, 0.2) is 11.5 Å². The molecular weight excluding hydrogens is 430 g/mol. The van der Waals surface area contributed by atoms with E-state index in [9.17, 15) is 9.59 Å². The molecule has 9 heteroatoms. The number of hydrogen-bond acceptors (Lipinski definition) is 7. The Kier molecular flexibility index (Phi) is 8.04. The quantitative estimate of drug-likeness (QED) is 0.488. The molecule has 2 amide bonds. The standard InChI is InChI=1S/C23H25N3O5S/c1-29-19-10-16(11-20(30-2)21(19)31-3)22(27)26-18(9-15-7-5-4-6-8-15)23(28)24-12-17-13-32-14-25-17/h4-8,10-11,13-14,18H,9,12H2,1-3H3,(H,24,28)(H,26,27)/t18-/m1/s1. The Morgan fingerprint density at radius 3 is 2.28 bits per heavy atom. The SMILES string of the molecule is COc1cc(C(=O)N[C@H](Cc2ccccc2)C(=O)NCc2cscn2)cc(OC)c1OC. The summed E-state index contributed by atoms with van der Waals surface area (Å²) in [6, 6.07) is 11.8. The van der Waals surface area contributed by atoms with E-state index in [4.69, 9.17) is 14.2 Å². The number of hydrogen-bond donors (Lipinski definition) is 2. The van der Waals surface area contributed by atoms with Crippen LogP contribution in [0.4, 0.5) is 0 Å². The summed E-state index contributed by atoms with van der Waals surface area (Å²) in [5, 5.41) is 7.54. The van der Waals surface area contributed by atoms with E-state index < -0.39 is 11.9 Å². The first kappa shape index (κ1) is 23.1. The second kappa shape index (κ2) is 11.1. The van der Waals surface area contributed by atoms with E-state index in [0.717, 1.165) is 11.3 Å². The van der Waals surface area contributed by atoms with Crippen LogP contribution < -0.4 is 24.8 Å². The van der Waals surface area contributed by atoms with Gasteiger partial charge in [-0.3, -0.25) is 9.59 Å². The number of aromatic nitrogens is 1. The summed E-state index contributed by atoms with van der Waals surface area (Å²) < 4.78 is 16.0. The van der Waals surface area contributed by atoms with E-state index >= 15 is 0 Å². The van der Waals surface area contributed by atoms with Gasteiger partial charge in [0.05, 0.1) is 39.1 Å². The molecule has 3 rings (SSSR count). The Balaban J connectivity index is 1.81. The maximum atomic E-state index is 13.1. The minimum Gasteiger partial charge on any atom is -0.493 e. The molecule has 0 spiro atoms. The molecule has 0 bridgehead atoms. The van der Waals surface area contributed by atoms with E-state index in [-0.39, 0.29) is 18.0 Å². The molecule has 32 heavy (non-hydrogen) atoms. The molecule has 0 unspecified atom stereocenters. The van der Waals surface area contributed by atoms with Gasteiger partial charge >= 0.3 is 0 Å². The highest BCUT2D eigenvalue weighted by Crippen LogP contribution is 2.38. The van der Waals surface area contributed by atoms with Crippen LogP contribution in [0.3, 0.4) is 0 Å². The Morgan fingerprint density at radius 1 is 1.03 bits per heavy atom. The highest BCUT2D eigenvalue weighted by Gasteiger charge is 2.24. The van der Waals surface area contributed by atoms with Gasteiger partial charge in [-0.05, 0) is 17.7 Å². The first-order chi connectivity index (χ1) is 15.5. The van der Waals surface area contributed by atoms with Crippen LogP contribution in [0.15, 0.2) is 53.4 Å². The van der Waals surface area contributed by atoms with Gasteiger partial charge in [0, 0.05) is 17.4 Å². The molecule has 3 aromatic rings. The zero-order chi connectivity index (χ0) is 22.9. The Labute approximate surface area is 190 Å². The van der Waals surface area contributed by atoms with Crippen molar-refractivity contribution in [2.24, 2.45) is 0 Å². The molecule has 0 aliphatic heterocycles. The Morgan fingerprint density at radius 2 is 1.72 bits per heavy atom. The van der Waals surface area contributed by atoms with Gasteiger partial charge in [-0.25, -0.2) is 4.98 Å². The predicted octanol–water partition coefficient (Wildman–Crippen LogP) is 2.83. The maximum absolute atomic E-state index is 13.1. The molecule has 2 aromatic carbocycles. The maximum Gasteiger partial charge on any atom is 0.252 e. The topological polar surface area (TPSA) is 98.8 Å². The third kappa shape index (κ3) is 5.76. The number of nitrogens with one attached hydrogen (secondary N) is 2. The number of methoxy groups -OCH3 is 3. The number of ether oxygens (including phenoxy) is 3. The first-order valence-corrected chi connectivity index (χ1v) is 10.8. The lowest BCUT2D eigenvalue weighted by Crippen LogP contribution is -2.47. The lowest BCUT2D eigenvalue weighted by atomic mass is 10.0. The molecule has 0 radical (unpaired) electrons. The van der Waals surface area contributed by atoms with E-state index in [1.54, 1.807) is 17.6 Å². The number of rotatable bonds is 10. The monoisotopic (exact) mass is 455 g/mol. The molecule has 8 nitrogen and oxygen atoms in total. The van der Waals surface area contributed by atoms with Gasteiger partial charge in [0.2, 0.25) is 11.7 Å². The van der Waals surface area contributed by atoms with Crippen molar-refractivity contribution >= 4 is 23.2 Å². The van der Waals surface area contributed by atoms with Crippen LogP contribution in [0.1, 0.15) is 21.6 Å². The Bertz CT molecular complexity index is 1020. The summed E-state index contributed by atoms with van der Waals surface area (Å²) in [6.45, 7) is 0.285. The van der Waals surface area contributed by atoms with Crippen molar-refractivity contribution in [3.05, 3.63) is 70.2 Å².